The molecular weight excluding hydrogens is 429 g/mol. The number of hydrogen-bond donors (Lipinski definition) is 2. The first kappa shape index (κ1) is 24.0. The van der Waals surface area contributed by atoms with Crippen molar-refractivity contribution in [2.24, 2.45) is 0 Å². The number of ether oxygens (including phenoxy) is 1. The van der Waals surface area contributed by atoms with E-state index in [1.54, 1.807) is 6.92 Å². The highest BCUT2D eigenvalue weighted by atomic mass is 19.1. The van der Waals surface area contributed by atoms with Crippen LogP contribution in [0.1, 0.15) is 53.5 Å². The molecule has 10 heteroatoms. The summed E-state index contributed by atoms with van der Waals surface area (Å²) in [7, 11) is 0. The predicted octanol–water partition coefficient (Wildman–Crippen LogP) is 2.89. The lowest BCUT2D eigenvalue weighted by Crippen LogP contribution is -2.32. The molecule has 2 atom stereocenters. The van der Waals surface area contributed by atoms with E-state index in [1.807, 2.05) is 32.0 Å². The molecule has 3 aromatic rings. The van der Waals surface area contributed by atoms with Gasteiger partial charge in [-0.3, -0.25) is 14.9 Å². The Balaban J connectivity index is 2.04. The molecule has 0 saturated heterocycles. The lowest BCUT2D eigenvalue weighted by Gasteiger charge is -2.25. The quantitative estimate of drug-likeness (QED) is 0.448. The molecule has 1 aromatic heterocycles. The Morgan fingerprint density at radius 2 is 1.82 bits per heavy atom. The predicted molar refractivity (Wildman–Crippen MR) is 117 cm³/mol. The fourth-order valence-corrected chi connectivity index (χ4v) is 3.47. The van der Waals surface area contributed by atoms with Gasteiger partial charge in [0.1, 0.15) is 12.4 Å². The van der Waals surface area contributed by atoms with Crippen LogP contribution < -0.4 is 5.32 Å². The van der Waals surface area contributed by atoms with Crippen LogP contribution >= 0.6 is 0 Å². The van der Waals surface area contributed by atoms with E-state index in [4.69, 9.17) is 4.74 Å². The van der Waals surface area contributed by atoms with E-state index in [9.17, 15) is 19.1 Å². The van der Waals surface area contributed by atoms with E-state index in [2.05, 4.69) is 20.8 Å². The molecule has 174 valence electrons. The van der Waals surface area contributed by atoms with Crippen LogP contribution in [0.4, 0.5) is 4.39 Å². The summed E-state index contributed by atoms with van der Waals surface area (Å²) in [4.78, 5) is 23.7. The standard InChI is InChI=1S/C23H26FN5O4/c1-4-33-21(32)13-29-23(26-27-28-29)22(17-6-5-14(2)15(3)11-17)25-19(12-20(30)31)16-7-9-18(24)10-8-16/h5-11,19,22,25H,4,12-13H2,1-3H3,(H,30,31). The van der Waals surface area contributed by atoms with Gasteiger partial charge in [-0.15, -0.1) is 5.10 Å². The van der Waals surface area contributed by atoms with Gasteiger partial charge in [-0.25, -0.2) is 9.07 Å². The molecule has 0 fully saturated rings. The molecule has 0 saturated carbocycles. The number of carboxylic acids is 1. The SMILES string of the molecule is CCOC(=O)Cn1nnnc1C(NC(CC(=O)O)c1ccc(F)cc1)c1ccc(C)c(C)c1. The Hall–Kier alpha value is -3.66. The van der Waals surface area contributed by atoms with Crippen molar-refractivity contribution in [2.75, 3.05) is 6.61 Å². The molecule has 3 rings (SSSR count). The first-order valence-electron chi connectivity index (χ1n) is 10.5. The second kappa shape index (κ2) is 10.8. The second-order valence-electron chi connectivity index (χ2n) is 7.65. The maximum Gasteiger partial charge on any atom is 0.327 e. The summed E-state index contributed by atoms with van der Waals surface area (Å²) in [5.41, 5.74) is 3.50. The molecule has 2 aromatic carbocycles. The van der Waals surface area contributed by atoms with Crippen molar-refractivity contribution in [3.8, 4) is 0 Å². The number of hydrogen-bond acceptors (Lipinski definition) is 7. The van der Waals surface area contributed by atoms with Crippen molar-refractivity contribution in [1.82, 2.24) is 25.5 Å². The van der Waals surface area contributed by atoms with E-state index in [0.29, 0.717) is 11.4 Å². The van der Waals surface area contributed by atoms with Gasteiger partial charge in [0, 0.05) is 6.04 Å². The van der Waals surface area contributed by atoms with Gasteiger partial charge in [-0.2, -0.15) is 0 Å². The number of nitrogens with one attached hydrogen (secondary N) is 1. The summed E-state index contributed by atoms with van der Waals surface area (Å²) >= 11 is 0. The fraction of sp³-hybridized carbons (Fsp3) is 0.348. The van der Waals surface area contributed by atoms with Crippen molar-refractivity contribution in [3.63, 3.8) is 0 Å². The number of rotatable bonds is 10. The summed E-state index contributed by atoms with van der Waals surface area (Å²) in [6.45, 7) is 5.68. The van der Waals surface area contributed by atoms with Crippen LogP contribution in [-0.2, 0) is 20.9 Å². The van der Waals surface area contributed by atoms with Crippen LogP contribution in [0.15, 0.2) is 42.5 Å². The first-order valence-corrected chi connectivity index (χ1v) is 10.5. The summed E-state index contributed by atoms with van der Waals surface area (Å²) in [6, 6.07) is 10.1. The second-order valence-corrected chi connectivity index (χ2v) is 7.65. The molecule has 9 nitrogen and oxygen atoms in total. The maximum absolute atomic E-state index is 13.5. The smallest absolute Gasteiger partial charge is 0.327 e. The van der Waals surface area contributed by atoms with Gasteiger partial charge in [-0.1, -0.05) is 30.3 Å². The average Bonchev–Trinajstić information content (AvgIpc) is 3.21. The van der Waals surface area contributed by atoms with Crippen LogP contribution in [0.3, 0.4) is 0 Å². The topological polar surface area (TPSA) is 119 Å². The van der Waals surface area contributed by atoms with Gasteiger partial charge in [0.25, 0.3) is 0 Å². The molecule has 0 aliphatic heterocycles. The van der Waals surface area contributed by atoms with Crippen molar-refractivity contribution in [1.29, 1.82) is 0 Å². The Kier molecular flexibility index (Phi) is 7.83. The summed E-state index contributed by atoms with van der Waals surface area (Å²) in [5.74, 6) is -1.62. The number of carbonyl (C=O) groups excluding carboxylic acids is 1. The van der Waals surface area contributed by atoms with Crippen LogP contribution in [0, 0.1) is 19.7 Å². The van der Waals surface area contributed by atoms with Gasteiger partial charge in [0.15, 0.2) is 5.82 Å². The number of esters is 1. The summed E-state index contributed by atoms with van der Waals surface area (Å²) in [5, 5.41) is 24.6. The monoisotopic (exact) mass is 455 g/mol. The zero-order chi connectivity index (χ0) is 24.0. The number of aromatic nitrogens is 4. The molecule has 1 heterocycles. The minimum Gasteiger partial charge on any atom is -0.481 e. The first-order chi connectivity index (χ1) is 15.8. The number of carbonyl (C=O) groups is 2. The van der Waals surface area contributed by atoms with Crippen molar-refractivity contribution >= 4 is 11.9 Å². The average molecular weight is 455 g/mol. The normalized spacial score (nSPS) is 12.8. The van der Waals surface area contributed by atoms with Gasteiger partial charge in [-0.05, 0) is 65.6 Å². The number of halogens is 1. The van der Waals surface area contributed by atoms with Crippen LogP contribution in [0.25, 0.3) is 0 Å². The van der Waals surface area contributed by atoms with Gasteiger partial charge in [0.2, 0.25) is 0 Å². The highest BCUT2D eigenvalue weighted by Crippen LogP contribution is 2.28. The number of nitrogens with zero attached hydrogens (tertiary/aromatic N) is 4. The third kappa shape index (κ3) is 6.19. The van der Waals surface area contributed by atoms with E-state index >= 15 is 0 Å². The van der Waals surface area contributed by atoms with E-state index in [1.165, 1.54) is 28.9 Å². The molecule has 33 heavy (non-hydrogen) atoms. The summed E-state index contributed by atoms with van der Waals surface area (Å²) < 4.78 is 19.8. The van der Waals surface area contributed by atoms with Crippen LogP contribution in [0.5, 0.6) is 0 Å². The number of carboxylic acid groups (broad SMARTS) is 1. The Labute approximate surface area is 190 Å². The van der Waals surface area contributed by atoms with Crippen LogP contribution in [-0.4, -0.2) is 43.9 Å². The highest BCUT2D eigenvalue weighted by Gasteiger charge is 2.27. The summed E-state index contributed by atoms with van der Waals surface area (Å²) in [6.07, 6.45) is -0.258. The number of aryl methyl sites for hydroxylation is 2. The fourth-order valence-electron chi connectivity index (χ4n) is 3.47. The zero-order valence-corrected chi connectivity index (χ0v) is 18.7. The molecule has 0 radical (unpaired) electrons. The lowest BCUT2D eigenvalue weighted by atomic mass is 9.97. The molecule has 2 N–H and O–H groups in total. The maximum atomic E-state index is 13.5. The highest BCUT2D eigenvalue weighted by molar-refractivity contribution is 5.69. The van der Waals surface area contributed by atoms with Crippen molar-refractivity contribution in [2.45, 2.75) is 45.8 Å². The molecule has 0 spiro atoms. The van der Waals surface area contributed by atoms with Crippen molar-refractivity contribution in [3.05, 3.63) is 76.4 Å². The Morgan fingerprint density at radius 3 is 2.45 bits per heavy atom. The largest absolute Gasteiger partial charge is 0.481 e. The molecule has 0 aliphatic rings. The number of benzene rings is 2. The zero-order valence-electron chi connectivity index (χ0n) is 18.7. The lowest BCUT2D eigenvalue weighted by molar-refractivity contribution is -0.144. The minimum absolute atomic E-state index is 0.195. The van der Waals surface area contributed by atoms with Crippen molar-refractivity contribution < 1.29 is 23.8 Å². The molecule has 2 unspecified atom stereocenters. The van der Waals surface area contributed by atoms with Gasteiger partial charge in [0.05, 0.1) is 19.1 Å². The number of aliphatic carboxylic acids is 1. The van der Waals surface area contributed by atoms with E-state index in [-0.39, 0.29) is 19.6 Å². The van der Waals surface area contributed by atoms with Crippen LogP contribution in [0.2, 0.25) is 0 Å². The molecule has 0 aliphatic carbocycles. The van der Waals surface area contributed by atoms with Gasteiger partial charge >= 0.3 is 11.9 Å². The minimum atomic E-state index is -1.03. The Morgan fingerprint density at radius 1 is 1.12 bits per heavy atom. The van der Waals surface area contributed by atoms with E-state index in [0.717, 1.165) is 16.7 Å². The third-order valence-electron chi connectivity index (χ3n) is 5.29. The van der Waals surface area contributed by atoms with E-state index < -0.39 is 29.8 Å². The molecule has 0 amide bonds. The Bertz CT molecular complexity index is 1120. The number of tetrazole rings is 1. The van der Waals surface area contributed by atoms with Gasteiger partial charge < -0.3 is 9.84 Å². The molecular formula is C23H26FN5O4. The molecule has 0 bridgehead atoms. The third-order valence-corrected chi connectivity index (χ3v) is 5.29.